The highest BCUT2D eigenvalue weighted by Crippen LogP contribution is 2.38. The second-order valence-electron chi connectivity index (χ2n) is 7.05. The van der Waals surface area contributed by atoms with Crippen LogP contribution >= 0.6 is 34.8 Å². The van der Waals surface area contributed by atoms with Crippen LogP contribution in [0.4, 0.5) is 5.69 Å². The van der Waals surface area contributed by atoms with Gasteiger partial charge in [-0.1, -0.05) is 46.9 Å². The van der Waals surface area contributed by atoms with Crippen molar-refractivity contribution in [2.75, 3.05) is 11.9 Å². The van der Waals surface area contributed by atoms with Gasteiger partial charge in [0.05, 0.1) is 17.2 Å². The summed E-state index contributed by atoms with van der Waals surface area (Å²) in [5.41, 5.74) is 3.52. The van der Waals surface area contributed by atoms with Crippen LogP contribution in [0.25, 0.3) is 0 Å². The van der Waals surface area contributed by atoms with Crippen molar-refractivity contribution in [2.45, 2.75) is 27.0 Å². The predicted molar refractivity (Wildman–Crippen MR) is 129 cm³/mol. The molecule has 0 amide bonds. The van der Waals surface area contributed by atoms with Crippen LogP contribution in [0.1, 0.15) is 34.0 Å². The van der Waals surface area contributed by atoms with Crippen molar-refractivity contribution in [3.8, 4) is 11.5 Å². The third-order valence-corrected chi connectivity index (χ3v) is 5.59. The molecule has 0 unspecified atom stereocenters. The van der Waals surface area contributed by atoms with Gasteiger partial charge in [-0.3, -0.25) is 0 Å². The van der Waals surface area contributed by atoms with Gasteiger partial charge >= 0.3 is 5.97 Å². The Labute approximate surface area is 201 Å². The van der Waals surface area contributed by atoms with E-state index in [1.807, 2.05) is 19.9 Å². The Balaban J connectivity index is 1.79. The lowest BCUT2D eigenvalue weighted by atomic mass is 10.1. The summed E-state index contributed by atoms with van der Waals surface area (Å²) in [6, 6.07) is 13.8. The molecule has 3 rings (SSSR count). The Kier molecular flexibility index (Phi) is 8.13. The smallest absolute Gasteiger partial charge is 0.335 e. The number of nitrogens with one attached hydrogen (secondary N) is 1. The van der Waals surface area contributed by atoms with Crippen LogP contribution in [0, 0.1) is 6.92 Å². The van der Waals surface area contributed by atoms with Gasteiger partial charge in [-0.15, -0.1) is 0 Å². The maximum Gasteiger partial charge on any atom is 0.335 e. The molecular weight excluding hydrogens is 473 g/mol. The molecule has 5 nitrogen and oxygen atoms in total. The first-order valence-electron chi connectivity index (χ1n) is 9.88. The van der Waals surface area contributed by atoms with E-state index in [1.54, 1.807) is 42.5 Å². The maximum absolute atomic E-state index is 11.2. The normalized spacial score (nSPS) is 10.7. The molecule has 0 aliphatic carbocycles. The highest BCUT2D eigenvalue weighted by Gasteiger charge is 2.14. The number of carboxylic acid groups (broad SMARTS) is 1. The molecule has 8 heteroatoms. The number of anilines is 1. The van der Waals surface area contributed by atoms with E-state index in [0.717, 1.165) is 22.4 Å². The highest BCUT2D eigenvalue weighted by atomic mass is 35.5. The first kappa shape index (κ1) is 24.1. The Morgan fingerprint density at radius 2 is 1.78 bits per heavy atom. The fourth-order valence-corrected chi connectivity index (χ4v) is 3.81. The van der Waals surface area contributed by atoms with Gasteiger partial charge in [0.25, 0.3) is 0 Å². The number of aromatic carboxylic acids is 1. The molecule has 0 saturated heterocycles. The minimum atomic E-state index is -0.975. The molecule has 3 aromatic rings. The number of carboxylic acids is 1. The zero-order valence-corrected chi connectivity index (χ0v) is 19.8. The molecule has 0 atom stereocenters. The van der Waals surface area contributed by atoms with Crippen LogP contribution in [0.2, 0.25) is 15.1 Å². The number of benzene rings is 3. The molecule has 0 saturated carbocycles. The van der Waals surface area contributed by atoms with Crippen molar-refractivity contribution in [1.29, 1.82) is 0 Å². The molecule has 0 fully saturated rings. The molecule has 3 aromatic carbocycles. The summed E-state index contributed by atoms with van der Waals surface area (Å²) in [4.78, 5) is 11.2. The van der Waals surface area contributed by atoms with Gasteiger partial charge in [-0.2, -0.15) is 0 Å². The van der Waals surface area contributed by atoms with Crippen molar-refractivity contribution >= 4 is 46.5 Å². The molecule has 0 aromatic heterocycles. The van der Waals surface area contributed by atoms with Crippen molar-refractivity contribution < 1.29 is 19.4 Å². The standard InChI is InChI=1S/C24H22Cl3NO4/c1-3-31-22-9-15(12-28-21-10-16(24(29)30)5-4-14(21)2)8-20(27)23(22)32-13-17-6-7-18(25)11-19(17)26/h4-11,28H,3,12-13H2,1-2H3,(H,29,30). The summed E-state index contributed by atoms with van der Waals surface area (Å²) in [5.74, 6) is -0.0396. The monoisotopic (exact) mass is 493 g/mol. The van der Waals surface area contributed by atoms with E-state index in [1.165, 1.54) is 0 Å². The number of ether oxygens (including phenoxy) is 2. The molecule has 32 heavy (non-hydrogen) atoms. The minimum absolute atomic E-state index is 0.203. The molecule has 0 aliphatic rings. The van der Waals surface area contributed by atoms with Crippen molar-refractivity contribution in [1.82, 2.24) is 0 Å². The van der Waals surface area contributed by atoms with Crippen LogP contribution in [-0.4, -0.2) is 17.7 Å². The average molecular weight is 495 g/mol. The first-order chi connectivity index (χ1) is 15.3. The number of rotatable bonds is 9. The van der Waals surface area contributed by atoms with Gasteiger partial charge in [-0.25, -0.2) is 4.79 Å². The quantitative estimate of drug-likeness (QED) is 0.328. The van der Waals surface area contributed by atoms with Crippen LogP contribution < -0.4 is 14.8 Å². The Hall–Kier alpha value is -2.60. The second-order valence-corrected chi connectivity index (χ2v) is 8.30. The van der Waals surface area contributed by atoms with E-state index in [2.05, 4.69) is 5.32 Å². The summed E-state index contributed by atoms with van der Waals surface area (Å²) < 4.78 is 11.7. The molecule has 168 valence electrons. The van der Waals surface area contributed by atoms with Crippen LogP contribution in [-0.2, 0) is 13.2 Å². The van der Waals surface area contributed by atoms with Crippen LogP contribution in [0.3, 0.4) is 0 Å². The molecule has 0 spiro atoms. The third-order valence-electron chi connectivity index (χ3n) is 4.72. The molecule has 0 bridgehead atoms. The van der Waals surface area contributed by atoms with Gasteiger partial charge in [0.2, 0.25) is 0 Å². The zero-order chi connectivity index (χ0) is 23.3. The summed E-state index contributed by atoms with van der Waals surface area (Å²) in [7, 11) is 0. The van der Waals surface area contributed by atoms with Crippen LogP contribution in [0.5, 0.6) is 11.5 Å². The zero-order valence-electron chi connectivity index (χ0n) is 17.5. The third kappa shape index (κ3) is 6.00. The summed E-state index contributed by atoms with van der Waals surface area (Å²) in [5, 5.41) is 13.9. The average Bonchev–Trinajstić information content (AvgIpc) is 2.74. The van der Waals surface area contributed by atoms with Crippen molar-refractivity contribution in [3.63, 3.8) is 0 Å². The number of hydrogen-bond donors (Lipinski definition) is 2. The lowest BCUT2D eigenvalue weighted by Crippen LogP contribution is -2.06. The number of halogens is 3. The van der Waals surface area contributed by atoms with Crippen molar-refractivity contribution in [3.05, 3.63) is 85.9 Å². The Morgan fingerprint density at radius 1 is 1.00 bits per heavy atom. The lowest BCUT2D eigenvalue weighted by Gasteiger charge is -2.17. The van der Waals surface area contributed by atoms with E-state index < -0.39 is 5.97 Å². The molecule has 0 aliphatic heterocycles. The first-order valence-corrected chi connectivity index (χ1v) is 11.0. The van der Waals surface area contributed by atoms with E-state index in [9.17, 15) is 9.90 Å². The second kappa shape index (κ2) is 10.8. The number of aryl methyl sites for hydroxylation is 1. The van der Waals surface area contributed by atoms with E-state index in [4.69, 9.17) is 44.3 Å². The summed E-state index contributed by atoms with van der Waals surface area (Å²) in [6.45, 7) is 4.84. The van der Waals surface area contributed by atoms with Gasteiger partial charge in [0.15, 0.2) is 11.5 Å². The van der Waals surface area contributed by atoms with Gasteiger partial charge in [0.1, 0.15) is 6.61 Å². The molecule has 2 N–H and O–H groups in total. The topological polar surface area (TPSA) is 67.8 Å². The van der Waals surface area contributed by atoms with Gasteiger partial charge in [0, 0.05) is 27.8 Å². The number of hydrogen-bond acceptors (Lipinski definition) is 4. The highest BCUT2D eigenvalue weighted by molar-refractivity contribution is 6.35. The Bertz CT molecular complexity index is 1130. The van der Waals surface area contributed by atoms with Gasteiger partial charge in [-0.05, 0) is 61.4 Å². The predicted octanol–water partition coefficient (Wildman–Crippen LogP) is 7.24. The fraction of sp³-hybridized carbons (Fsp3) is 0.208. The fourth-order valence-electron chi connectivity index (χ4n) is 3.06. The SMILES string of the molecule is CCOc1cc(CNc2cc(C(=O)O)ccc2C)cc(Cl)c1OCc1ccc(Cl)cc1Cl. The largest absolute Gasteiger partial charge is 0.490 e. The minimum Gasteiger partial charge on any atom is -0.490 e. The van der Waals surface area contributed by atoms with E-state index >= 15 is 0 Å². The van der Waals surface area contributed by atoms with E-state index in [0.29, 0.717) is 39.7 Å². The molecule has 0 radical (unpaired) electrons. The van der Waals surface area contributed by atoms with Crippen LogP contribution in [0.15, 0.2) is 48.5 Å². The molecule has 0 heterocycles. The van der Waals surface area contributed by atoms with Gasteiger partial charge < -0.3 is 19.9 Å². The summed E-state index contributed by atoms with van der Waals surface area (Å²) in [6.07, 6.45) is 0. The lowest BCUT2D eigenvalue weighted by molar-refractivity contribution is 0.0697. The van der Waals surface area contributed by atoms with E-state index in [-0.39, 0.29) is 12.2 Å². The maximum atomic E-state index is 11.2. The Morgan fingerprint density at radius 3 is 2.47 bits per heavy atom. The van der Waals surface area contributed by atoms with Crippen molar-refractivity contribution in [2.24, 2.45) is 0 Å². The number of carbonyl (C=O) groups is 1. The molecular formula is C24H22Cl3NO4. The summed E-state index contributed by atoms with van der Waals surface area (Å²) >= 11 is 18.7.